The molecule has 2 aromatic carbocycles. The molecule has 3 aliphatic heterocycles. The number of amides is 3. The Morgan fingerprint density at radius 2 is 1.82 bits per heavy atom. The van der Waals surface area contributed by atoms with Gasteiger partial charge in [0.1, 0.15) is 12.3 Å². The van der Waals surface area contributed by atoms with Crippen LogP contribution < -0.4 is 5.32 Å². The third-order valence-corrected chi connectivity index (χ3v) is 10.2. The lowest BCUT2D eigenvalue weighted by Gasteiger charge is -2.52. The maximum atomic E-state index is 14.0. The van der Waals surface area contributed by atoms with Gasteiger partial charge in [-0.15, -0.1) is 10.2 Å². The van der Waals surface area contributed by atoms with E-state index in [1.54, 1.807) is 40.0 Å². The predicted molar refractivity (Wildman–Crippen MR) is 155 cm³/mol. The number of hydroxylamine groups is 2. The molecule has 2 fully saturated rings. The Labute approximate surface area is 254 Å². The molecule has 1 saturated heterocycles. The van der Waals surface area contributed by atoms with E-state index in [4.69, 9.17) is 4.84 Å². The molecule has 3 aromatic rings. The second kappa shape index (κ2) is 10.8. The zero-order valence-electron chi connectivity index (χ0n) is 24.3. The topological polar surface area (TPSA) is 154 Å². The van der Waals surface area contributed by atoms with Crippen molar-refractivity contribution in [2.24, 2.45) is 17.8 Å². The van der Waals surface area contributed by atoms with Crippen molar-refractivity contribution in [2.45, 2.75) is 63.3 Å². The zero-order valence-corrected chi connectivity index (χ0v) is 24.3. The highest BCUT2D eigenvalue weighted by Gasteiger charge is 2.57. The van der Waals surface area contributed by atoms with E-state index in [-0.39, 0.29) is 30.5 Å². The molecule has 0 unspecified atom stereocenters. The highest BCUT2D eigenvalue weighted by Crippen LogP contribution is 2.51. The van der Waals surface area contributed by atoms with E-state index in [0.717, 1.165) is 29.2 Å². The molecule has 3 amide bonds. The number of imide groups is 1. The first-order valence-corrected chi connectivity index (χ1v) is 15.1. The Morgan fingerprint density at radius 1 is 1.09 bits per heavy atom. The number of aromatic nitrogens is 3. The molecule has 12 heteroatoms. The number of nitrogens with one attached hydrogen (secondary N) is 1. The Balaban J connectivity index is 1.12. The van der Waals surface area contributed by atoms with Gasteiger partial charge in [0.2, 0.25) is 5.91 Å². The van der Waals surface area contributed by atoms with Gasteiger partial charge in [-0.1, -0.05) is 42.5 Å². The third-order valence-electron chi connectivity index (χ3n) is 10.2. The number of benzene rings is 2. The van der Waals surface area contributed by atoms with Crippen LogP contribution >= 0.6 is 0 Å². The number of carbonyl (C=O) groups excluding carboxylic acids is 3. The fourth-order valence-corrected chi connectivity index (χ4v) is 7.86. The van der Waals surface area contributed by atoms with Crippen LogP contribution in [-0.4, -0.2) is 66.5 Å². The highest BCUT2D eigenvalue weighted by atomic mass is 16.7. The van der Waals surface area contributed by atoms with Crippen molar-refractivity contribution in [2.75, 3.05) is 11.9 Å². The van der Waals surface area contributed by atoms with Crippen molar-refractivity contribution in [3.05, 3.63) is 77.1 Å². The van der Waals surface area contributed by atoms with Gasteiger partial charge in [0, 0.05) is 18.8 Å². The summed E-state index contributed by atoms with van der Waals surface area (Å²) >= 11 is 0. The van der Waals surface area contributed by atoms with E-state index in [9.17, 15) is 24.8 Å². The van der Waals surface area contributed by atoms with Gasteiger partial charge in [-0.25, -0.2) is 0 Å². The van der Waals surface area contributed by atoms with Crippen LogP contribution in [0.25, 0.3) is 0 Å². The molecule has 1 saturated carbocycles. The van der Waals surface area contributed by atoms with Crippen LogP contribution in [0.5, 0.6) is 0 Å². The summed E-state index contributed by atoms with van der Waals surface area (Å²) in [6, 6.07) is 13.8. The summed E-state index contributed by atoms with van der Waals surface area (Å²) in [6.45, 7) is 2.82. The Hall–Kier alpha value is -4.60. The monoisotopic (exact) mass is 595 g/mol. The highest BCUT2D eigenvalue weighted by molar-refractivity contribution is 6.20. The number of nitriles is 1. The fourth-order valence-electron chi connectivity index (χ4n) is 7.86. The number of hydrogen-bond acceptors (Lipinski definition) is 9. The lowest BCUT2D eigenvalue weighted by Crippen LogP contribution is -2.60. The summed E-state index contributed by atoms with van der Waals surface area (Å²) < 4.78 is 1.62. The SMILES string of the molecule is C[C@@H]1[C@H]2C[C@@H]([C@@]3(CCn4cc(CON5C(=O)c6ccccc6C5=O)nn4)C(=O)Nc4ccccc43)N(C#N)C[C@@H]2CC[C@@H]1O. The van der Waals surface area contributed by atoms with Crippen LogP contribution in [0.4, 0.5) is 5.69 Å². The van der Waals surface area contributed by atoms with Gasteiger partial charge in [0.05, 0.1) is 34.9 Å². The number of aliphatic hydroxyl groups excluding tert-OH is 1. The standard InChI is InChI=1S/C32H33N7O5/c1-19-24-14-28(37(18-33)15-20(24)10-11-27(19)40)32(25-8-4-5-9-26(25)34-31(32)43)12-13-38-16-21(35-36-38)17-44-39-29(41)22-6-2-3-7-23(22)30(39)42/h2-9,16,19-20,24,27-28,40H,10-15,17H2,1H3,(H,34,43)/t19-,20+,24-,27+,28+,32+/m1/s1. The van der Waals surface area contributed by atoms with Gasteiger partial charge in [-0.2, -0.15) is 5.26 Å². The first-order chi connectivity index (χ1) is 21.3. The predicted octanol–water partition coefficient (Wildman–Crippen LogP) is 2.86. The summed E-state index contributed by atoms with van der Waals surface area (Å²) in [7, 11) is 0. The molecule has 44 heavy (non-hydrogen) atoms. The average Bonchev–Trinajstić information content (AvgIpc) is 3.69. The van der Waals surface area contributed by atoms with Crippen molar-refractivity contribution in [3.8, 4) is 6.19 Å². The Morgan fingerprint density at radius 3 is 2.57 bits per heavy atom. The summed E-state index contributed by atoms with van der Waals surface area (Å²) in [5, 5.41) is 33.2. The maximum Gasteiger partial charge on any atom is 0.285 e. The molecule has 7 rings (SSSR count). The van der Waals surface area contributed by atoms with Gasteiger partial charge in [-0.3, -0.25) is 23.9 Å². The number of aliphatic hydroxyl groups is 1. The largest absolute Gasteiger partial charge is 0.393 e. The number of fused-ring (bicyclic) bond motifs is 3. The van der Waals surface area contributed by atoms with Crippen LogP contribution in [0.2, 0.25) is 0 Å². The average molecular weight is 596 g/mol. The maximum absolute atomic E-state index is 14.0. The third kappa shape index (κ3) is 4.38. The van der Waals surface area contributed by atoms with Crippen LogP contribution in [-0.2, 0) is 28.2 Å². The van der Waals surface area contributed by atoms with Crippen molar-refractivity contribution in [1.29, 1.82) is 5.26 Å². The van der Waals surface area contributed by atoms with E-state index in [2.05, 4.69) is 28.7 Å². The lowest BCUT2D eigenvalue weighted by atomic mass is 9.61. The van der Waals surface area contributed by atoms with E-state index < -0.39 is 23.3 Å². The normalized spacial score (nSPS) is 29.2. The zero-order chi connectivity index (χ0) is 30.6. The number of hydrogen-bond donors (Lipinski definition) is 2. The molecular formula is C32H33N7O5. The second-order valence-corrected chi connectivity index (χ2v) is 12.3. The fraction of sp³-hybridized carbons (Fsp3) is 0.438. The van der Waals surface area contributed by atoms with Crippen molar-refractivity contribution >= 4 is 23.4 Å². The quantitative estimate of drug-likeness (QED) is 0.310. The van der Waals surface area contributed by atoms with Gasteiger partial charge < -0.3 is 15.3 Å². The molecule has 0 spiro atoms. The molecule has 2 N–H and O–H groups in total. The van der Waals surface area contributed by atoms with E-state index in [1.165, 1.54) is 0 Å². The number of nitrogens with zero attached hydrogens (tertiary/aromatic N) is 6. The van der Waals surface area contributed by atoms with Crippen LogP contribution in [0.3, 0.4) is 0 Å². The van der Waals surface area contributed by atoms with Crippen molar-refractivity contribution < 1.29 is 24.3 Å². The van der Waals surface area contributed by atoms with Gasteiger partial charge in [0.25, 0.3) is 11.8 Å². The molecule has 12 nitrogen and oxygen atoms in total. The number of anilines is 1. The summed E-state index contributed by atoms with van der Waals surface area (Å²) in [6.07, 6.45) is 6.26. The lowest BCUT2D eigenvalue weighted by molar-refractivity contribution is -0.126. The molecule has 1 aromatic heterocycles. The first-order valence-electron chi connectivity index (χ1n) is 15.1. The number of para-hydroxylation sites is 1. The van der Waals surface area contributed by atoms with Crippen molar-refractivity contribution in [1.82, 2.24) is 25.0 Å². The molecule has 226 valence electrons. The number of likely N-dealkylation sites (tertiary alicyclic amines) is 1. The van der Waals surface area contributed by atoms with E-state index >= 15 is 0 Å². The number of carbonyl (C=O) groups is 3. The van der Waals surface area contributed by atoms with Gasteiger partial charge >= 0.3 is 0 Å². The van der Waals surface area contributed by atoms with Crippen LogP contribution in [0.15, 0.2) is 54.7 Å². The van der Waals surface area contributed by atoms with Gasteiger partial charge in [0.15, 0.2) is 6.19 Å². The van der Waals surface area contributed by atoms with E-state index in [0.29, 0.717) is 48.7 Å². The molecule has 1 aliphatic carbocycles. The van der Waals surface area contributed by atoms with Crippen LogP contribution in [0.1, 0.15) is 64.6 Å². The smallest absolute Gasteiger partial charge is 0.285 e. The van der Waals surface area contributed by atoms with E-state index in [1.807, 2.05) is 24.3 Å². The van der Waals surface area contributed by atoms with Crippen LogP contribution in [0, 0.1) is 29.2 Å². The Bertz CT molecular complexity index is 1650. The number of piperidine rings is 1. The minimum absolute atomic E-state index is 0.0777. The minimum atomic E-state index is -1.03. The number of aryl methyl sites for hydroxylation is 1. The molecular weight excluding hydrogens is 562 g/mol. The second-order valence-electron chi connectivity index (χ2n) is 12.3. The minimum Gasteiger partial charge on any atom is -0.393 e. The molecule has 0 bridgehead atoms. The summed E-state index contributed by atoms with van der Waals surface area (Å²) in [5.74, 6) is -0.636. The first kappa shape index (κ1) is 28.2. The molecule has 4 heterocycles. The molecule has 0 radical (unpaired) electrons. The summed E-state index contributed by atoms with van der Waals surface area (Å²) in [4.78, 5) is 46.6. The Kier molecular flexibility index (Phi) is 6.94. The summed E-state index contributed by atoms with van der Waals surface area (Å²) in [5.41, 5.74) is 1.56. The molecule has 4 aliphatic rings. The van der Waals surface area contributed by atoms with Gasteiger partial charge in [-0.05, 0) is 67.2 Å². The number of rotatable bonds is 7. The van der Waals surface area contributed by atoms with Crippen molar-refractivity contribution in [3.63, 3.8) is 0 Å². The molecule has 6 atom stereocenters.